The van der Waals surface area contributed by atoms with Gasteiger partial charge in [-0.05, 0) is 42.9 Å². The molecule has 1 heterocycles. The molecule has 2 aliphatic rings. The summed E-state index contributed by atoms with van der Waals surface area (Å²) in [5, 5.41) is 9.29. The number of fused-ring (bicyclic) bond motifs is 4. The van der Waals surface area contributed by atoms with Gasteiger partial charge in [-0.15, -0.1) is 0 Å². The van der Waals surface area contributed by atoms with Crippen molar-refractivity contribution in [3.8, 4) is 6.07 Å². The lowest BCUT2D eigenvalue weighted by Gasteiger charge is -2.50. The number of rotatable bonds is 0. The van der Waals surface area contributed by atoms with Gasteiger partial charge in [-0.3, -0.25) is 4.90 Å². The normalized spacial score (nSPS) is 36.1. The van der Waals surface area contributed by atoms with Gasteiger partial charge in [0, 0.05) is 6.04 Å². The third-order valence-corrected chi connectivity index (χ3v) is 4.67. The van der Waals surface area contributed by atoms with Gasteiger partial charge in [0.1, 0.15) is 0 Å². The van der Waals surface area contributed by atoms with E-state index in [2.05, 4.69) is 49.2 Å². The van der Waals surface area contributed by atoms with Gasteiger partial charge < -0.3 is 0 Å². The van der Waals surface area contributed by atoms with Crippen LogP contribution in [0.1, 0.15) is 30.9 Å². The van der Waals surface area contributed by atoms with E-state index in [1.807, 2.05) is 0 Å². The van der Waals surface area contributed by atoms with Gasteiger partial charge in [0.2, 0.25) is 0 Å². The van der Waals surface area contributed by atoms with E-state index in [1.54, 1.807) is 0 Å². The minimum atomic E-state index is 0.0760. The zero-order valence-corrected chi connectivity index (χ0v) is 10.5. The van der Waals surface area contributed by atoms with Crippen LogP contribution in [0.15, 0.2) is 24.3 Å². The Morgan fingerprint density at radius 3 is 2.88 bits per heavy atom. The van der Waals surface area contributed by atoms with Crippen LogP contribution in [-0.2, 0) is 11.8 Å². The fourth-order valence-electron chi connectivity index (χ4n) is 3.69. The highest BCUT2D eigenvalue weighted by atomic mass is 15.2. The first-order valence-corrected chi connectivity index (χ1v) is 6.34. The summed E-state index contributed by atoms with van der Waals surface area (Å²) in [6.45, 7) is 2.33. The number of nitriles is 1. The molecule has 0 N–H and O–H groups in total. The highest BCUT2D eigenvalue weighted by Crippen LogP contribution is 2.46. The Hall–Kier alpha value is -1.33. The molecular formula is C15H18N2. The van der Waals surface area contributed by atoms with Gasteiger partial charge in [0.05, 0.1) is 12.1 Å². The molecule has 3 atom stereocenters. The number of likely N-dealkylation sites (N-methyl/N-ethyl adjacent to an activating group) is 1. The molecule has 2 bridgehead atoms. The summed E-state index contributed by atoms with van der Waals surface area (Å²) in [7, 11) is 2.10. The molecule has 3 rings (SSSR count). The van der Waals surface area contributed by atoms with Crippen LogP contribution >= 0.6 is 0 Å². The van der Waals surface area contributed by atoms with Crippen LogP contribution in [0.5, 0.6) is 0 Å². The highest BCUT2D eigenvalue weighted by molar-refractivity contribution is 5.39. The molecular weight excluding hydrogens is 208 g/mol. The molecule has 1 aliphatic heterocycles. The van der Waals surface area contributed by atoms with Crippen molar-refractivity contribution in [1.82, 2.24) is 4.90 Å². The van der Waals surface area contributed by atoms with Crippen LogP contribution in [0, 0.1) is 11.3 Å². The second kappa shape index (κ2) is 3.58. The Bertz CT molecular complexity index is 488. The van der Waals surface area contributed by atoms with Gasteiger partial charge in [-0.1, -0.05) is 31.2 Å². The molecule has 88 valence electrons. The zero-order chi connectivity index (χ0) is 12.0. The van der Waals surface area contributed by atoms with E-state index in [-0.39, 0.29) is 11.5 Å². The molecule has 2 heteroatoms. The minimum Gasteiger partial charge on any atom is -0.288 e. The van der Waals surface area contributed by atoms with Gasteiger partial charge in [0.25, 0.3) is 0 Å². The van der Waals surface area contributed by atoms with Crippen molar-refractivity contribution in [2.75, 3.05) is 7.05 Å². The second-order valence-electron chi connectivity index (χ2n) is 5.79. The summed E-state index contributed by atoms with van der Waals surface area (Å²) >= 11 is 0. The van der Waals surface area contributed by atoms with Crippen molar-refractivity contribution in [3.63, 3.8) is 0 Å². The van der Waals surface area contributed by atoms with Crippen molar-refractivity contribution >= 4 is 0 Å². The summed E-state index contributed by atoms with van der Waals surface area (Å²) in [5.41, 5.74) is 3.16. The van der Waals surface area contributed by atoms with E-state index < -0.39 is 0 Å². The first kappa shape index (κ1) is 10.8. The third kappa shape index (κ3) is 1.50. The number of benzene rings is 1. The van der Waals surface area contributed by atoms with Crippen LogP contribution < -0.4 is 0 Å². The highest BCUT2D eigenvalue weighted by Gasteiger charge is 2.45. The van der Waals surface area contributed by atoms with Gasteiger partial charge in [-0.25, -0.2) is 0 Å². The van der Waals surface area contributed by atoms with Crippen LogP contribution in [0.4, 0.5) is 0 Å². The standard InChI is InChI=1S/C15H18N2/c1-15-8-12(17(2)13(9-15)10-16)7-11-5-3-4-6-14(11)15/h3-6,12-13H,7-9H2,1-2H3/t12-,13-,15-/m1/s1. The lowest BCUT2D eigenvalue weighted by Crippen LogP contribution is -2.54. The predicted molar refractivity (Wildman–Crippen MR) is 67.7 cm³/mol. The quantitative estimate of drug-likeness (QED) is 0.679. The molecule has 0 amide bonds. The predicted octanol–water partition coefficient (Wildman–Crippen LogP) is 2.49. The summed E-state index contributed by atoms with van der Waals surface area (Å²) in [6, 6.07) is 11.8. The van der Waals surface area contributed by atoms with Crippen molar-refractivity contribution in [2.24, 2.45) is 0 Å². The van der Waals surface area contributed by atoms with Crippen molar-refractivity contribution < 1.29 is 0 Å². The summed E-state index contributed by atoms with van der Waals surface area (Å²) in [4.78, 5) is 2.28. The number of likely N-dealkylation sites (tertiary alicyclic amines) is 1. The summed E-state index contributed by atoms with van der Waals surface area (Å²) in [5.74, 6) is 0. The molecule has 0 saturated carbocycles. The average molecular weight is 226 g/mol. The Kier molecular flexibility index (Phi) is 2.27. The van der Waals surface area contributed by atoms with Gasteiger partial charge in [0.15, 0.2) is 0 Å². The summed E-state index contributed by atoms with van der Waals surface area (Å²) < 4.78 is 0. The third-order valence-electron chi connectivity index (χ3n) is 4.67. The molecule has 2 nitrogen and oxygen atoms in total. The lowest BCUT2D eigenvalue weighted by atomic mass is 9.63. The molecule has 0 spiro atoms. The van der Waals surface area contributed by atoms with Crippen LogP contribution in [0.25, 0.3) is 0 Å². The molecule has 1 aliphatic carbocycles. The maximum absolute atomic E-state index is 9.29. The molecule has 1 aromatic carbocycles. The van der Waals surface area contributed by atoms with Crippen LogP contribution in [-0.4, -0.2) is 24.0 Å². The van der Waals surface area contributed by atoms with E-state index in [0.29, 0.717) is 6.04 Å². The van der Waals surface area contributed by atoms with E-state index in [4.69, 9.17) is 0 Å². The smallest absolute Gasteiger partial charge is 0.0986 e. The van der Waals surface area contributed by atoms with E-state index in [1.165, 1.54) is 17.5 Å². The Balaban J connectivity index is 2.09. The molecule has 0 unspecified atom stereocenters. The van der Waals surface area contributed by atoms with E-state index in [9.17, 15) is 5.26 Å². The van der Waals surface area contributed by atoms with Crippen molar-refractivity contribution in [1.29, 1.82) is 5.26 Å². The summed E-state index contributed by atoms with van der Waals surface area (Å²) in [6.07, 6.45) is 3.26. The maximum atomic E-state index is 9.29. The average Bonchev–Trinajstić information content (AvgIpc) is 2.34. The zero-order valence-electron chi connectivity index (χ0n) is 10.5. The second-order valence-corrected chi connectivity index (χ2v) is 5.79. The largest absolute Gasteiger partial charge is 0.288 e. The fourth-order valence-corrected chi connectivity index (χ4v) is 3.69. The van der Waals surface area contributed by atoms with Crippen molar-refractivity contribution in [2.45, 2.75) is 43.7 Å². The van der Waals surface area contributed by atoms with E-state index in [0.717, 1.165) is 12.8 Å². The molecule has 17 heavy (non-hydrogen) atoms. The number of hydrogen-bond donors (Lipinski definition) is 0. The maximum Gasteiger partial charge on any atom is 0.0986 e. The topological polar surface area (TPSA) is 27.0 Å². The van der Waals surface area contributed by atoms with Crippen LogP contribution in [0.2, 0.25) is 0 Å². The van der Waals surface area contributed by atoms with Gasteiger partial charge >= 0.3 is 0 Å². The number of piperidine rings is 1. The van der Waals surface area contributed by atoms with Crippen molar-refractivity contribution in [3.05, 3.63) is 35.4 Å². The molecule has 1 saturated heterocycles. The SMILES string of the molecule is CN1[C@@H]2Cc3ccccc3[C@](C)(C2)C[C@@H]1C#N. The Morgan fingerprint density at radius 2 is 2.12 bits per heavy atom. The van der Waals surface area contributed by atoms with Crippen LogP contribution in [0.3, 0.4) is 0 Å². The number of nitrogens with zero attached hydrogens (tertiary/aromatic N) is 2. The molecule has 1 fully saturated rings. The molecule has 0 radical (unpaired) electrons. The fraction of sp³-hybridized carbons (Fsp3) is 0.533. The van der Waals surface area contributed by atoms with E-state index >= 15 is 0 Å². The lowest BCUT2D eigenvalue weighted by molar-refractivity contribution is 0.0812. The Morgan fingerprint density at radius 1 is 1.35 bits per heavy atom. The van der Waals surface area contributed by atoms with Gasteiger partial charge in [-0.2, -0.15) is 5.26 Å². The first-order valence-electron chi connectivity index (χ1n) is 6.34. The number of hydrogen-bond acceptors (Lipinski definition) is 2. The molecule has 1 aromatic rings. The first-order chi connectivity index (χ1) is 8.14. The Labute approximate surface area is 103 Å². The minimum absolute atomic E-state index is 0.0760. The molecule has 0 aromatic heterocycles. The monoisotopic (exact) mass is 226 g/mol.